The molecule has 0 atom stereocenters. The molecule has 0 radical (unpaired) electrons. The fraction of sp³-hybridized carbons (Fsp3) is 0.468. The number of rotatable bonds is 9. The lowest BCUT2D eigenvalue weighted by atomic mass is 9.92. The summed E-state index contributed by atoms with van der Waals surface area (Å²) in [5, 5.41) is 29.1. The summed E-state index contributed by atoms with van der Waals surface area (Å²) >= 11 is 6.17. The van der Waals surface area contributed by atoms with Gasteiger partial charge in [-0.25, -0.2) is 0 Å². The van der Waals surface area contributed by atoms with Gasteiger partial charge in [-0.1, -0.05) is 29.8 Å². The molecule has 5 aromatic rings. The summed E-state index contributed by atoms with van der Waals surface area (Å²) in [6.45, 7) is 10.0. The minimum atomic E-state index is -0.199. The first-order chi connectivity index (χ1) is 29.7. The van der Waals surface area contributed by atoms with E-state index >= 15 is 0 Å². The highest BCUT2D eigenvalue weighted by Gasteiger charge is 2.33. The fourth-order valence-electron chi connectivity index (χ4n) is 9.83. The number of nitrogens with zero attached hydrogens (tertiary/aromatic N) is 9. The molecule has 3 aromatic heterocycles. The third-order valence-corrected chi connectivity index (χ3v) is 13.6. The molecular formula is C47H53ClN10O3. The van der Waals surface area contributed by atoms with Crippen molar-refractivity contribution >= 4 is 40.0 Å². The zero-order chi connectivity index (χ0) is 42.0. The zero-order valence-corrected chi connectivity index (χ0v) is 35.8. The van der Waals surface area contributed by atoms with E-state index in [1.54, 1.807) is 31.2 Å². The highest BCUT2D eigenvalue weighted by molar-refractivity contribution is 6.31. The van der Waals surface area contributed by atoms with E-state index in [9.17, 15) is 9.59 Å². The van der Waals surface area contributed by atoms with Crippen LogP contribution < -0.4 is 15.0 Å². The van der Waals surface area contributed by atoms with E-state index in [0.29, 0.717) is 40.5 Å². The van der Waals surface area contributed by atoms with Crippen LogP contribution in [-0.2, 0) is 17.8 Å². The highest BCUT2D eigenvalue weighted by atomic mass is 35.5. The maximum absolute atomic E-state index is 13.1. The zero-order valence-electron chi connectivity index (χ0n) is 35.0. The fourth-order valence-corrected chi connectivity index (χ4v) is 10.0. The van der Waals surface area contributed by atoms with Gasteiger partial charge >= 0.3 is 0 Å². The standard InChI is InChI=1S/C47H53ClN10O3/c1-30-24-33-4-3-5-39(40(33)27-50-30)46-41-29-57(31(2)59)23-18-44(41)58(54-46)36-16-19-55(20-17-36)28-32-14-21-56(22-15-32)45-13-12-43(52-53-45)47(60)51-35-7-10-37(11-8-35)61-38-9-6-34(26-49)42(48)25-38/h3-6,9,12-13,24-25,27,32,35-37H,7-8,10-11,14-23,28-29H2,1-2H3,(H,51,60). The first kappa shape index (κ1) is 40.8. The first-order valence-electron chi connectivity index (χ1n) is 21.9. The summed E-state index contributed by atoms with van der Waals surface area (Å²) in [5.41, 5.74) is 6.29. The average Bonchev–Trinajstić information content (AvgIpc) is 3.66. The van der Waals surface area contributed by atoms with Crippen LogP contribution in [0.15, 0.2) is 60.8 Å². The number of amides is 2. The number of hydrogen-bond acceptors (Lipinski definition) is 10. The number of piperidine rings is 2. The summed E-state index contributed by atoms with van der Waals surface area (Å²) < 4.78 is 8.43. The van der Waals surface area contributed by atoms with Crippen molar-refractivity contribution in [2.45, 2.75) is 96.4 Å². The van der Waals surface area contributed by atoms with Crippen LogP contribution in [0.25, 0.3) is 22.0 Å². The van der Waals surface area contributed by atoms with Gasteiger partial charge in [0, 0.05) is 105 Å². The predicted octanol–water partition coefficient (Wildman–Crippen LogP) is 7.30. The number of carbonyl (C=O) groups excluding carboxylic acids is 2. The number of aryl methyl sites for hydroxylation is 1. The molecule has 316 valence electrons. The molecule has 1 aliphatic carbocycles. The molecule has 2 saturated heterocycles. The van der Waals surface area contributed by atoms with Gasteiger partial charge in [-0.2, -0.15) is 10.4 Å². The maximum Gasteiger partial charge on any atom is 0.272 e. The molecule has 9 rings (SSSR count). The predicted molar refractivity (Wildman–Crippen MR) is 234 cm³/mol. The minimum Gasteiger partial charge on any atom is -0.490 e. The smallest absolute Gasteiger partial charge is 0.272 e. The third-order valence-electron chi connectivity index (χ3n) is 13.3. The molecule has 13 nitrogen and oxygen atoms in total. The number of aromatic nitrogens is 5. The third kappa shape index (κ3) is 8.93. The summed E-state index contributed by atoms with van der Waals surface area (Å²) in [7, 11) is 0. The Morgan fingerprint density at radius 2 is 1.74 bits per heavy atom. The van der Waals surface area contributed by atoms with Gasteiger partial charge in [-0.3, -0.25) is 19.3 Å². The van der Waals surface area contributed by atoms with Crippen molar-refractivity contribution < 1.29 is 14.3 Å². The maximum atomic E-state index is 13.1. The van der Waals surface area contributed by atoms with Crippen LogP contribution in [-0.4, -0.2) is 98.0 Å². The molecule has 1 N–H and O–H groups in total. The lowest BCUT2D eigenvalue weighted by molar-refractivity contribution is -0.129. The molecule has 0 spiro atoms. The topological polar surface area (TPSA) is 145 Å². The van der Waals surface area contributed by atoms with Crippen LogP contribution in [0.4, 0.5) is 5.82 Å². The number of ether oxygens (including phenoxy) is 1. The number of benzene rings is 2. The molecule has 1 saturated carbocycles. The Morgan fingerprint density at radius 3 is 2.46 bits per heavy atom. The van der Waals surface area contributed by atoms with Crippen LogP contribution in [0.2, 0.25) is 5.02 Å². The summed E-state index contributed by atoms with van der Waals surface area (Å²) in [5.74, 6) is 2.01. The number of likely N-dealkylation sites (tertiary alicyclic amines) is 1. The number of nitriles is 1. The number of halogens is 1. The number of nitrogens with one attached hydrogen (secondary N) is 1. The Labute approximate surface area is 362 Å². The monoisotopic (exact) mass is 840 g/mol. The largest absolute Gasteiger partial charge is 0.490 e. The number of anilines is 1. The van der Waals surface area contributed by atoms with Crippen molar-refractivity contribution in [1.29, 1.82) is 5.26 Å². The average molecular weight is 841 g/mol. The molecule has 0 bridgehead atoms. The van der Waals surface area contributed by atoms with Crippen molar-refractivity contribution in [2.75, 3.05) is 44.2 Å². The number of hydrogen-bond donors (Lipinski definition) is 1. The van der Waals surface area contributed by atoms with E-state index in [0.717, 1.165) is 131 Å². The molecule has 3 aliphatic heterocycles. The van der Waals surface area contributed by atoms with Gasteiger partial charge in [-0.05, 0) is 99.9 Å². The van der Waals surface area contributed by atoms with Crippen molar-refractivity contribution in [1.82, 2.24) is 40.1 Å². The van der Waals surface area contributed by atoms with E-state index in [4.69, 9.17) is 26.7 Å². The van der Waals surface area contributed by atoms with Crippen molar-refractivity contribution in [2.24, 2.45) is 5.92 Å². The number of fused-ring (bicyclic) bond motifs is 2. The van der Waals surface area contributed by atoms with Gasteiger partial charge in [0.15, 0.2) is 11.5 Å². The van der Waals surface area contributed by atoms with Gasteiger partial charge in [0.1, 0.15) is 11.8 Å². The summed E-state index contributed by atoms with van der Waals surface area (Å²) in [4.78, 5) is 37.1. The van der Waals surface area contributed by atoms with Crippen LogP contribution in [0.3, 0.4) is 0 Å². The van der Waals surface area contributed by atoms with Crippen LogP contribution in [0.5, 0.6) is 5.75 Å². The van der Waals surface area contributed by atoms with Crippen molar-refractivity contribution in [3.63, 3.8) is 0 Å². The van der Waals surface area contributed by atoms with Gasteiger partial charge in [-0.15, -0.1) is 10.2 Å². The second-order valence-corrected chi connectivity index (χ2v) is 17.7. The second kappa shape index (κ2) is 17.8. The molecule has 3 fully saturated rings. The van der Waals surface area contributed by atoms with E-state index in [1.807, 2.05) is 24.1 Å². The van der Waals surface area contributed by atoms with Crippen LogP contribution >= 0.6 is 11.6 Å². The first-order valence-corrected chi connectivity index (χ1v) is 22.3. The minimum absolute atomic E-state index is 0.0351. The summed E-state index contributed by atoms with van der Waals surface area (Å²) in [6, 6.07) is 19.8. The molecule has 61 heavy (non-hydrogen) atoms. The molecule has 2 amide bonds. The van der Waals surface area contributed by atoms with Crippen LogP contribution in [0.1, 0.15) is 97.3 Å². The Hall–Kier alpha value is -5.58. The lowest BCUT2D eigenvalue weighted by Crippen LogP contribution is -2.42. The van der Waals surface area contributed by atoms with Gasteiger partial charge in [0.2, 0.25) is 5.91 Å². The second-order valence-electron chi connectivity index (χ2n) is 17.3. The van der Waals surface area contributed by atoms with Crippen molar-refractivity contribution in [3.05, 3.63) is 94.0 Å². The van der Waals surface area contributed by atoms with Crippen LogP contribution in [0, 0.1) is 24.2 Å². The Kier molecular flexibility index (Phi) is 11.9. The van der Waals surface area contributed by atoms with Gasteiger partial charge in [0.05, 0.1) is 28.4 Å². The summed E-state index contributed by atoms with van der Waals surface area (Å²) in [6.07, 6.45) is 10.3. The van der Waals surface area contributed by atoms with E-state index < -0.39 is 0 Å². The van der Waals surface area contributed by atoms with Gasteiger partial charge in [0.25, 0.3) is 5.91 Å². The Bertz CT molecular complexity index is 2440. The Balaban J connectivity index is 0.746. The molecule has 0 unspecified atom stereocenters. The SMILES string of the molecule is CC(=O)N1CCc2c(c(-c3cccc4cc(C)ncc34)nn2C2CCN(CC3CCN(c4ccc(C(=O)NC5CCC(Oc6ccc(C#N)c(Cl)c6)CC5)nn4)CC3)CC2)C1. The van der Waals surface area contributed by atoms with E-state index in [1.165, 1.54) is 11.3 Å². The van der Waals surface area contributed by atoms with E-state index in [2.05, 4.69) is 65.3 Å². The molecule has 2 aromatic carbocycles. The Morgan fingerprint density at radius 1 is 0.934 bits per heavy atom. The number of carbonyl (C=O) groups is 2. The van der Waals surface area contributed by atoms with Crippen molar-refractivity contribution in [3.8, 4) is 23.1 Å². The molecule has 4 aliphatic rings. The molecule has 6 heterocycles. The van der Waals surface area contributed by atoms with Gasteiger partial charge < -0.3 is 24.8 Å². The quantitative estimate of drug-likeness (QED) is 0.161. The number of pyridine rings is 1. The normalized spacial score (nSPS) is 20.3. The highest BCUT2D eigenvalue weighted by Crippen LogP contribution is 2.38. The molecule has 14 heteroatoms. The van der Waals surface area contributed by atoms with E-state index in [-0.39, 0.29) is 24.0 Å². The molecular weight excluding hydrogens is 788 g/mol. The lowest BCUT2D eigenvalue weighted by Gasteiger charge is -2.38.